The van der Waals surface area contributed by atoms with Gasteiger partial charge in [0.05, 0.1) is 12.2 Å². The minimum Gasteiger partial charge on any atom is -0.504 e. The van der Waals surface area contributed by atoms with Crippen LogP contribution in [0.15, 0.2) is 12.1 Å². The van der Waals surface area contributed by atoms with Crippen molar-refractivity contribution in [2.24, 2.45) is 0 Å². The predicted molar refractivity (Wildman–Crippen MR) is 95.2 cm³/mol. The lowest BCUT2D eigenvalue weighted by Gasteiger charge is -2.08. The molecule has 0 aromatic heterocycles. The van der Waals surface area contributed by atoms with Gasteiger partial charge in [-0.2, -0.15) is 0 Å². The number of hydrogen-bond acceptors (Lipinski definition) is 6. The van der Waals surface area contributed by atoms with E-state index in [2.05, 4.69) is 11.8 Å². The zero-order valence-corrected chi connectivity index (χ0v) is 15.0. The number of unbranched alkanes of at least 4 members (excludes halogenated alkanes) is 9. The summed E-state index contributed by atoms with van der Waals surface area (Å²) in [6, 6.07) is 2.18. The van der Waals surface area contributed by atoms with E-state index < -0.39 is 23.2 Å². The highest BCUT2D eigenvalue weighted by molar-refractivity contribution is 5.91. The van der Waals surface area contributed by atoms with Crippen LogP contribution in [0.2, 0.25) is 0 Å². The first kappa shape index (κ1) is 21.1. The summed E-state index contributed by atoms with van der Waals surface area (Å²) in [6.45, 7) is 2.52. The van der Waals surface area contributed by atoms with Crippen LogP contribution in [0, 0.1) is 0 Å². The number of phenolic OH excluding ortho intramolecular Hbond substituents is 2. The molecule has 25 heavy (non-hydrogen) atoms. The summed E-state index contributed by atoms with van der Waals surface area (Å²) >= 11 is 0. The predicted octanol–water partition coefficient (Wildman–Crippen LogP) is 5.03. The van der Waals surface area contributed by atoms with Crippen LogP contribution >= 0.6 is 0 Å². The van der Waals surface area contributed by atoms with Crippen molar-refractivity contribution in [3.8, 4) is 17.2 Å². The molecule has 0 spiro atoms. The maximum atomic E-state index is 11.9. The molecule has 6 nitrogen and oxygen atoms in total. The zero-order chi connectivity index (χ0) is 18.5. The summed E-state index contributed by atoms with van der Waals surface area (Å²) in [5.74, 6) is -2.22. The molecule has 3 N–H and O–H groups in total. The second-order valence-electron chi connectivity index (χ2n) is 6.25. The van der Waals surface area contributed by atoms with Crippen LogP contribution in [0.3, 0.4) is 0 Å². The molecule has 0 aliphatic carbocycles. The molecule has 0 atom stereocenters. The number of ether oxygens (including phenoxy) is 1. The van der Waals surface area contributed by atoms with E-state index in [0.29, 0.717) is 6.61 Å². The first-order chi connectivity index (χ1) is 12.1. The third-order valence-electron chi connectivity index (χ3n) is 4.12. The van der Waals surface area contributed by atoms with Gasteiger partial charge in [-0.15, -0.1) is 0 Å². The highest BCUT2D eigenvalue weighted by Crippen LogP contribution is 2.36. The molecule has 1 aromatic rings. The molecule has 0 fully saturated rings. The number of benzene rings is 1. The summed E-state index contributed by atoms with van der Waals surface area (Å²) < 4.78 is 5.13. The van der Waals surface area contributed by atoms with Gasteiger partial charge in [0.15, 0.2) is 5.75 Å². The van der Waals surface area contributed by atoms with E-state index in [1.54, 1.807) is 0 Å². The largest absolute Gasteiger partial charge is 0.504 e. The molecule has 0 heterocycles. The molecule has 0 aliphatic heterocycles. The van der Waals surface area contributed by atoms with Gasteiger partial charge in [-0.3, -0.25) is 0 Å². The number of aromatic hydroxyl groups is 2. The van der Waals surface area contributed by atoms with Crippen molar-refractivity contribution < 1.29 is 29.9 Å². The Morgan fingerprint density at radius 3 is 2.04 bits per heavy atom. The average molecular weight is 354 g/mol. The fourth-order valence-electron chi connectivity index (χ4n) is 2.62. The third kappa shape index (κ3) is 8.12. The van der Waals surface area contributed by atoms with Gasteiger partial charge >= 0.3 is 5.97 Å². The van der Waals surface area contributed by atoms with Gasteiger partial charge in [0, 0.05) is 6.07 Å². The van der Waals surface area contributed by atoms with Crippen molar-refractivity contribution in [2.45, 2.75) is 71.1 Å². The van der Waals surface area contributed by atoms with E-state index in [0.717, 1.165) is 31.4 Å². The smallest absolute Gasteiger partial charge is 0.338 e. The van der Waals surface area contributed by atoms with Gasteiger partial charge in [0.1, 0.15) is 0 Å². The Hall–Kier alpha value is -1.95. The SMILES string of the molecule is CCCCCCCCCCCCOC(=O)c1cc(O)c(O)c(OO)c1. The fraction of sp³-hybridized carbons (Fsp3) is 0.632. The van der Waals surface area contributed by atoms with Gasteiger partial charge in [-0.05, 0) is 12.5 Å². The van der Waals surface area contributed by atoms with Crippen LogP contribution in [-0.2, 0) is 4.74 Å². The Balaban J connectivity index is 2.14. The first-order valence-electron chi connectivity index (χ1n) is 9.14. The fourth-order valence-corrected chi connectivity index (χ4v) is 2.62. The maximum Gasteiger partial charge on any atom is 0.338 e. The third-order valence-corrected chi connectivity index (χ3v) is 4.12. The number of hydrogen-bond donors (Lipinski definition) is 3. The molecule has 0 amide bonds. The van der Waals surface area contributed by atoms with Gasteiger partial charge < -0.3 is 19.8 Å². The molecule has 1 rings (SSSR count). The number of rotatable bonds is 13. The van der Waals surface area contributed by atoms with Crippen molar-refractivity contribution in [1.29, 1.82) is 0 Å². The molecule has 0 radical (unpaired) electrons. The van der Waals surface area contributed by atoms with Gasteiger partial charge in [-0.25, -0.2) is 10.1 Å². The normalized spacial score (nSPS) is 10.6. The zero-order valence-electron chi connectivity index (χ0n) is 15.0. The highest BCUT2D eigenvalue weighted by atomic mass is 17.1. The van der Waals surface area contributed by atoms with E-state index in [4.69, 9.17) is 9.99 Å². The van der Waals surface area contributed by atoms with Crippen molar-refractivity contribution in [3.63, 3.8) is 0 Å². The Kier molecular flexibility index (Phi) is 10.5. The summed E-state index contributed by atoms with van der Waals surface area (Å²) in [5, 5.41) is 27.5. The van der Waals surface area contributed by atoms with E-state index in [1.807, 2.05) is 0 Å². The van der Waals surface area contributed by atoms with E-state index in [9.17, 15) is 15.0 Å². The highest BCUT2D eigenvalue weighted by Gasteiger charge is 2.16. The number of phenols is 2. The molecule has 0 aliphatic rings. The molecular weight excluding hydrogens is 324 g/mol. The van der Waals surface area contributed by atoms with Crippen LogP contribution in [0.4, 0.5) is 0 Å². The summed E-state index contributed by atoms with van der Waals surface area (Å²) in [4.78, 5) is 15.8. The molecule has 0 unspecified atom stereocenters. The number of esters is 1. The summed E-state index contributed by atoms with van der Waals surface area (Å²) in [7, 11) is 0. The number of carbonyl (C=O) groups excluding carboxylic acids is 1. The van der Waals surface area contributed by atoms with Crippen molar-refractivity contribution in [3.05, 3.63) is 17.7 Å². The van der Waals surface area contributed by atoms with E-state index in [1.165, 1.54) is 44.9 Å². The summed E-state index contributed by atoms with van der Waals surface area (Å²) in [5.41, 5.74) is 0.00595. The molecule has 1 aromatic carbocycles. The van der Waals surface area contributed by atoms with Crippen molar-refractivity contribution in [2.75, 3.05) is 6.61 Å². The van der Waals surface area contributed by atoms with Crippen molar-refractivity contribution in [1.82, 2.24) is 0 Å². The summed E-state index contributed by atoms with van der Waals surface area (Å²) in [6.07, 6.45) is 12.0. The molecule has 0 saturated heterocycles. The van der Waals surface area contributed by atoms with Crippen LogP contribution in [0.1, 0.15) is 81.5 Å². The monoisotopic (exact) mass is 354 g/mol. The Bertz CT molecular complexity index is 515. The topological polar surface area (TPSA) is 96.2 Å². The van der Waals surface area contributed by atoms with E-state index in [-0.39, 0.29) is 5.56 Å². The minimum atomic E-state index is -0.635. The van der Waals surface area contributed by atoms with Crippen LogP contribution in [-0.4, -0.2) is 28.0 Å². The molecule has 6 heteroatoms. The van der Waals surface area contributed by atoms with Crippen LogP contribution in [0.5, 0.6) is 17.2 Å². The average Bonchev–Trinajstić information content (AvgIpc) is 2.61. The quantitative estimate of drug-likeness (QED) is 0.151. The lowest BCUT2D eigenvalue weighted by molar-refractivity contribution is -0.139. The van der Waals surface area contributed by atoms with E-state index >= 15 is 0 Å². The first-order valence-corrected chi connectivity index (χ1v) is 9.14. The Labute approximate surface area is 149 Å². The second-order valence-corrected chi connectivity index (χ2v) is 6.25. The second kappa shape index (κ2) is 12.4. The van der Waals surface area contributed by atoms with Gasteiger partial charge in [0.25, 0.3) is 0 Å². The Morgan fingerprint density at radius 1 is 0.920 bits per heavy atom. The molecule has 0 bridgehead atoms. The molecule has 142 valence electrons. The Morgan fingerprint density at radius 2 is 1.48 bits per heavy atom. The van der Waals surface area contributed by atoms with Crippen molar-refractivity contribution >= 4 is 5.97 Å². The number of carbonyl (C=O) groups is 1. The lowest BCUT2D eigenvalue weighted by atomic mass is 10.1. The maximum absolute atomic E-state index is 11.9. The van der Waals surface area contributed by atoms with Crippen LogP contribution in [0.25, 0.3) is 0 Å². The molecule has 0 saturated carbocycles. The standard InChI is InChI=1S/C19H30O6/c1-2-3-4-5-6-7-8-9-10-11-12-24-19(22)15-13-16(20)18(21)17(14-15)25-23/h13-14,20-21,23H,2-12H2,1H3. The van der Waals surface area contributed by atoms with Crippen LogP contribution < -0.4 is 4.89 Å². The molecular formula is C19H30O6. The van der Waals surface area contributed by atoms with Gasteiger partial charge in [-0.1, -0.05) is 64.7 Å². The lowest BCUT2D eigenvalue weighted by Crippen LogP contribution is -2.06. The van der Waals surface area contributed by atoms with Gasteiger partial charge in [0.2, 0.25) is 11.5 Å². The minimum absolute atomic E-state index is 0.00595.